The van der Waals surface area contributed by atoms with Gasteiger partial charge in [0.15, 0.2) is 0 Å². The highest BCUT2D eigenvalue weighted by atomic mass is 35.5. The number of hydrogen-bond acceptors (Lipinski definition) is 3. The van der Waals surface area contributed by atoms with Gasteiger partial charge >= 0.3 is 0 Å². The lowest BCUT2D eigenvalue weighted by atomic mass is 10.1. The fourth-order valence-electron chi connectivity index (χ4n) is 2.00. The number of H-pyrrole nitrogens is 1. The van der Waals surface area contributed by atoms with Crippen molar-refractivity contribution in [3.63, 3.8) is 0 Å². The second-order valence-electron chi connectivity index (χ2n) is 4.34. The molecular formula is C14H11ClN2OS. The molecule has 3 aromatic rings. The smallest absolute Gasteiger partial charge is 0.260 e. The first-order chi connectivity index (χ1) is 9.19. The van der Waals surface area contributed by atoms with Crippen molar-refractivity contribution in [2.75, 3.05) is 0 Å². The first kappa shape index (κ1) is 12.4. The van der Waals surface area contributed by atoms with Crippen molar-refractivity contribution in [2.45, 2.75) is 12.8 Å². The minimum atomic E-state index is -0.127. The Kier molecular flexibility index (Phi) is 3.12. The largest absolute Gasteiger partial charge is 0.309 e. The van der Waals surface area contributed by atoms with E-state index in [9.17, 15) is 4.79 Å². The van der Waals surface area contributed by atoms with Crippen LogP contribution < -0.4 is 5.56 Å². The summed E-state index contributed by atoms with van der Waals surface area (Å²) in [6.07, 6.45) is 0. The normalized spacial score (nSPS) is 11.1. The van der Waals surface area contributed by atoms with E-state index >= 15 is 0 Å². The van der Waals surface area contributed by atoms with Crippen LogP contribution in [0.2, 0.25) is 0 Å². The molecule has 0 bridgehead atoms. The number of aromatic nitrogens is 2. The van der Waals surface area contributed by atoms with Gasteiger partial charge in [0, 0.05) is 10.9 Å². The average molecular weight is 291 g/mol. The van der Waals surface area contributed by atoms with Gasteiger partial charge in [0.1, 0.15) is 10.7 Å². The summed E-state index contributed by atoms with van der Waals surface area (Å²) < 4.78 is 0. The lowest BCUT2D eigenvalue weighted by Gasteiger charge is -2.01. The van der Waals surface area contributed by atoms with E-state index < -0.39 is 0 Å². The number of rotatable bonds is 2. The molecule has 0 fully saturated rings. The van der Waals surface area contributed by atoms with Crippen molar-refractivity contribution in [1.29, 1.82) is 0 Å². The molecule has 3 rings (SSSR count). The molecule has 0 spiro atoms. The van der Waals surface area contributed by atoms with E-state index in [1.807, 2.05) is 36.6 Å². The van der Waals surface area contributed by atoms with Gasteiger partial charge in [0.2, 0.25) is 0 Å². The Morgan fingerprint density at radius 1 is 1.32 bits per heavy atom. The molecule has 0 aliphatic carbocycles. The summed E-state index contributed by atoms with van der Waals surface area (Å²) >= 11 is 7.18. The summed E-state index contributed by atoms with van der Waals surface area (Å²) in [4.78, 5) is 19.9. The van der Waals surface area contributed by atoms with Gasteiger partial charge in [-0.05, 0) is 12.5 Å². The monoisotopic (exact) mass is 290 g/mol. The minimum absolute atomic E-state index is 0.127. The van der Waals surface area contributed by atoms with Crippen molar-refractivity contribution in [3.8, 4) is 11.1 Å². The fourth-order valence-corrected chi connectivity index (χ4v) is 3.10. The third-order valence-corrected chi connectivity index (χ3v) is 4.11. The molecule has 0 saturated carbocycles. The van der Waals surface area contributed by atoms with Gasteiger partial charge in [0.25, 0.3) is 5.56 Å². The molecule has 1 aromatic carbocycles. The highest BCUT2D eigenvalue weighted by molar-refractivity contribution is 7.17. The molecule has 0 aliphatic heterocycles. The molecule has 96 valence electrons. The molecule has 19 heavy (non-hydrogen) atoms. The Bertz CT molecular complexity index is 789. The third kappa shape index (κ3) is 2.17. The van der Waals surface area contributed by atoms with Crippen LogP contribution in [0.5, 0.6) is 0 Å². The highest BCUT2D eigenvalue weighted by Gasteiger charge is 2.12. The predicted molar refractivity (Wildman–Crippen MR) is 80.0 cm³/mol. The van der Waals surface area contributed by atoms with Crippen molar-refractivity contribution in [3.05, 3.63) is 51.4 Å². The lowest BCUT2D eigenvalue weighted by molar-refractivity contribution is 1.04. The molecular weight excluding hydrogens is 280 g/mol. The second kappa shape index (κ2) is 4.79. The van der Waals surface area contributed by atoms with Crippen LogP contribution in [0.25, 0.3) is 21.3 Å². The number of halogens is 1. The van der Waals surface area contributed by atoms with Gasteiger partial charge in [-0.15, -0.1) is 22.9 Å². The zero-order valence-electron chi connectivity index (χ0n) is 10.2. The Hall–Kier alpha value is -1.65. The Morgan fingerprint density at radius 3 is 2.74 bits per heavy atom. The van der Waals surface area contributed by atoms with E-state index in [4.69, 9.17) is 11.6 Å². The van der Waals surface area contributed by atoms with Crippen molar-refractivity contribution in [1.82, 2.24) is 9.97 Å². The van der Waals surface area contributed by atoms with E-state index in [-0.39, 0.29) is 11.4 Å². The number of aromatic amines is 1. The average Bonchev–Trinajstić information content (AvgIpc) is 2.84. The summed E-state index contributed by atoms with van der Waals surface area (Å²) in [5.74, 6) is 0.722. The summed E-state index contributed by atoms with van der Waals surface area (Å²) in [5, 5.41) is 2.61. The zero-order chi connectivity index (χ0) is 13.4. The van der Waals surface area contributed by atoms with E-state index in [0.717, 1.165) is 16.0 Å². The SMILES string of the molecule is Cc1ccc(-c2csc3nc(CCl)[nH]c(=O)c23)cc1. The molecule has 1 N–H and O–H groups in total. The standard InChI is InChI=1S/C14H11ClN2OS/c1-8-2-4-9(5-3-8)10-7-19-14-12(10)13(18)16-11(6-15)17-14/h2-5,7H,6H2,1H3,(H,16,17,18). The maximum atomic E-state index is 12.1. The van der Waals surface area contributed by atoms with Gasteiger partial charge < -0.3 is 4.98 Å². The molecule has 0 amide bonds. The van der Waals surface area contributed by atoms with E-state index in [0.29, 0.717) is 11.2 Å². The number of alkyl halides is 1. The quantitative estimate of drug-likeness (QED) is 0.732. The lowest BCUT2D eigenvalue weighted by Crippen LogP contribution is -2.10. The number of thiophene rings is 1. The van der Waals surface area contributed by atoms with Crippen LogP contribution in [-0.4, -0.2) is 9.97 Å². The second-order valence-corrected chi connectivity index (χ2v) is 5.47. The molecule has 0 unspecified atom stereocenters. The fraction of sp³-hybridized carbons (Fsp3) is 0.143. The molecule has 2 heterocycles. The van der Waals surface area contributed by atoms with Gasteiger partial charge in [-0.1, -0.05) is 29.8 Å². The maximum absolute atomic E-state index is 12.1. The molecule has 0 saturated heterocycles. The van der Waals surface area contributed by atoms with E-state index in [1.54, 1.807) is 0 Å². The van der Waals surface area contributed by atoms with Crippen LogP contribution in [-0.2, 0) is 5.88 Å². The molecule has 0 aliphatic rings. The molecule has 2 aromatic heterocycles. The number of aryl methyl sites for hydroxylation is 1. The predicted octanol–water partition coefficient (Wildman–Crippen LogP) is 3.70. The minimum Gasteiger partial charge on any atom is -0.309 e. The van der Waals surface area contributed by atoms with Crippen molar-refractivity contribution >= 4 is 33.2 Å². The van der Waals surface area contributed by atoms with Crippen LogP contribution in [0.15, 0.2) is 34.4 Å². The van der Waals surface area contributed by atoms with Crippen LogP contribution in [0, 0.1) is 6.92 Å². The molecule has 5 heteroatoms. The summed E-state index contributed by atoms with van der Waals surface area (Å²) in [6, 6.07) is 8.11. The van der Waals surface area contributed by atoms with Crippen LogP contribution in [0.1, 0.15) is 11.4 Å². The molecule has 0 radical (unpaired) electrons. The van der Waals surface area contributed by atoms with Gasteiger partial charge in [-0.2, -0.15) is 0 Å². The number of hydrogen-bond donors (Lipinski definition) is 1. The van der Waals surface area contributed by atoms with Gasteiger partial charge in [-0.25, -0.2) is 4.98 Å². The first-order valence-corrected chi connectivity index (χ1v) is 7.24. The number of nitrogens with zero attached hydrogens (tertiary/aromatic N) is 1. The topological polar surface area (TPSA) is 45.8 Å². The highest BCUT2D eigenvalue weighted by Crippen LogP contribution is 2.30. The van der Waals surface area contributed by atoms with Gasteiger partial charge in [-0.3, -0.25) is 4.79 Å². The number of benzene rings is 1. The third-order valence-electron chi connectivity index (χ3n) is 2.98. The van der Waals surface area contributed by atoms with Crippen LogP contribution in [0.4, 0.5) is 0 Å². The van der Waals surface area contributed by atoms with E-state index in [2.05, 4.69) is 9.97 Å². The number of fused-ring (bicyclic) bond motifs is 1. The van der Waals surface area contributed by atoms with Gasteiger partial charge in [0.05, 0.1) is 11.3 Å². The number of nitrogens with one attached hydrogen (secondary N) is 1. The first-order valence-electron chi connectivity index (χ1n) is 5.82. The van der Waals surface area contributed by atoms with Crippen molar-refractivity contribution in [2.24, 2.45) is 0 Å². The molecule has 0 atom stereocenters. The zero-order valence-corrected chi connectivity index (χ0v) is 11.8. The summed E-state index contributed by atoms with van der Waals surface area (Å²) in [7, 11) is 0. The Balaban J connectivity index is 2.26. The van der Waals surface area contributed by atoms with Crippen molar-refractivity contribution < 1.29 is 0 Å². The maximum Gasteiger partial charge on any atom is 0.260 e. The van der Waals surface area contributed by atoms with Crippen LogP contribution in [0.3, 0.4) is 0 Å². The summed E-state index contributed by atoms with van der Waals surface area (Å²) in [6.45, 7) is 2.04. The molecule has 3 nitrogen and oxygen atoms in total. The van der Waals surface area contributed by atoms with Crippen LogP contribution >= 0.6 is 22.9 Å². The Labute approximate surface area is 118 Å². The summed E-state index contributed by atoms with van der Waals surface area (Å²) in [5.41, 5.74) is 3.02. The van der Waals surface area contributed by atoms with E-state index in [1.165, 1.54) is 16.9 Å². The Morgan fingerprint density at radius 2 is 2.05 bits per heavy atom.